The summed E-state index contributed by atoms with van der Waals surface area (Å²) in [6, 6.07) is 7.27. The molecule has 0 aliphatic carbocycles. The topological polar surface area (TPSA) is 43.7 Å². The Morgan fingerprint density at radius 3 is 2.33 bits per heavy atom. The van der Waals surface area contributed by atoms with Crippen LogP contribution in [0.25, 0.3) is 10.8 Å². The number of aromatic hydroxyl groups is 2. The standard InChI is InChI=1S/C18H25NO2/c1-4-7-9-13-12-16(21)17-14(10-8-11-15(17)20)18(13)19(5-2)6-3/h8,10-12,20-21H,4-7,9H2,1-3H3. The van der Waals surface area contributed by atoms with E-state index in [2.05, 4.69) is 25.7 Å². The summed E-state index contributed by atoms with van der Waals surface area (Å²) in [5.74, 6) is 0.311. The van der Waals surface area contributed by atoms with E-state index in [1.165, 1.54) is 0 Å². The van der Waals surface area contributed by atoms with Gasteiger partial charge in [-0.3, -0.25) is 0 Å². The summed E-state index contributed by atoms with van der Waals surface area (Å²) in [7, 11) is 0. The minimum atomic E-state index is 0.139. The maximum atomic E-state index is 10.3. The number of anilines is 1. The summed E-state index contributed by atoms with van der Waals surface area (Å²) in [4.78, 5) is 2.30. The molecule has 0 aliphatic heterocycles. The second kappa shape index (κ2) is 6.70. The zero-order chi connectivity index (χ0) is 15.4. The van der Waals surface area contributed by atoms with Gasteiger partial charge in [-0.15, -0.1) is 0 Å². The summed E-state index contributed by atoms with van der Waals surface area (Å²) in [6.45, 7) is 8.25. The van der Waals surface area contributed by atoms with Crippen LogP contribution in [0.2, 0.25) is 0 Å². The molecular formula is C18H25NO2. The number of hydrogen-bond acceptors (Lipinski definition) is 3. The second-order valence-electron chi connectivity index (χ2n) is 5.38. The third kappa shape index (κ3) is 2.92. The lowest BCUT2D eigenvalue weighted by Gasteiger charge is -2.27. The zero-order valence-electron chi connectivity index (χ0n) is 13.2. The number of rotatable bonds is 6. The van der Waals surface area contributed by atoms with Gasteiger partial charge in [0, 0.05) is 24.2 Å². The maximum Gasteiger partial charge on any atom is 0.127 e. The summed E-state index contributed by atoms with van der Waals surface area (Å²) in [5.41, 5.74) is 2.31. The van der Waals surface area contributed by atoms with Crippen LogP contribution in [0.5, 0.6) is 11.5 Å². The highest BCUT2D eigenvalue weighted by Crippen LogP contribution is 2.41. The fourth-order valence-corrected chi connectivity index (χ4v) is 2.96. The first kappa shape index (κ1) is 15.5. The van der Waals surface area contributed by atoms with E-state index in [0.717, 1.165) is 49.0 Å². The minimum absolute atomic E-state index is 0.139. The van der Waals surface area contributed by atoms with E-state index in [0.29, 0.717) is 5.39 Å². The molecule has 3 heteroatoms. The molecule has 2 aromatic carbocycles. The summed E-state index contributed by atoms with van der Waals surface area (Å²) < 4.78 is 0. The Kier molecular flexibility index (Phi) is 4.94. The number of unbranched alkanes of at least 4 members (excludes halogenated alkanes) is 1. The average Bonchev–Trinajstić information content (AvgIpc) is 2.48. The molecule has 0 saturated heterocycles. The van der Waals surface area contributed by atoms with Crippen LogP contribution in [0.3, 0.4) is 0 Å². The monoisotopic (exact) mass is 287 g/mol. The lowest BCUT2D eigenvalue weighted by molar-refractivity contribution is 0.463. The molecule has 114 valence electrons. The highest BCUT2D eigenvalue weighted by atomic mass is 16.3. The Morgan fingerprint density at radius 2 is 1.71 bits per heavy atom. The van der Waals surface area contributed by atoms with Crippen LogP contribution in [0.15, 0.2) is 24.3 Å². The van der Waals surface area contributed by atoms with Crippen LogP contribution in [0.1, 0.15) is 39.2 Å². The van der Waals surface area contributed by atoms with E-state index >= 15 is 0 Å². The van der Waals surface area contributed by atoms with Gasteiger partial charge in [0.05, 0.1) is 5.39 Å². The largest absolute Gasteiger partial charge is 0.507 e. The van der Waals surface area contributed by atoms with Crippen molar-refractivity contribution in [3.05, 3.63) is 29.8 Å². The van der Waals surface area contributed by atoms with Crippen molar-refractivity contribution in [3.8, 4) is 11.5 Å². The molecule has 2 aromatic rings. The molecule has 2 rings (SSSR count). The molecule has 0 fully saturated rings. The molecule has 0 aliphatic rings. The number of nitrogens with zero attached hydrogens (tertiary/aromatic N) is 1. The van der Waals surface area contributed by atoms with Crippen molar-refractivity contribution in [1.29, 1.82) is 0 Å². The lowest BCUT2D eigenvalue weighted by atomic mass is 9.97. The van der Waals surface area contributed by atoms with Gasteiger partial charge < -0.3 is 15.1 Å². The van der Waals surface area contributed by atoms with Crippen molar-refractivity contribution in [3.63, 3.8) is 0 Å². The van der Waals surface area contributed by atoms with Gasteiger partial charge >= 0.3 is 0 Å². The van der Waals surface area contributed by atoms with E-state index in [1.807, 2.05) is 18.2 Å². The molecule has 0 spiro atoms. The third-order valence-electron chi connectivity index (χ3n) is 4.05. The quantitative estimate of drug-likeness (QED) is 0.825. The Balaban J connectivity index is 2.74. The van der Waals surface area contributed by atoms with Crippen molar-refractivity contribution in [2.24, 2.45) is 0 Å². The summed E-state index contributed by atoms with van der Waals surface area (Å²) in [5, 5.41) is 21.9. The van der Waals surface area contributed by atoms with E-state index in [9.17, 15) is 10.2 Å². The number of phenolic OH excluding ortho intramolecular Hbond substituents is 2. The first-order valence-electron chi connectivity index (χ1n) is 7.85. The highest BCUT2D eigenvalue weighted by Gasteiger charge is 2.17. The number of hydrogen-bond donors (Lipinski definition) is 2. The maximum absolute atomic E-state index is 10.3. The third-order valence-corrected chi connectivity index (χ3v) is 4.05. The Hall–Kier alpha value is -1.90. The van der Waals surface area contributed by atoms with Crippen molar-refractivity contribution >= 4 is 16.5 Å². The molecule has 0 bridgehead atoms. The van der Waals surface area contributed by atoms with Gasteiger partial charge in [-0.05, 0) is 44.4 Å². The van der Waals surface area contributed by atoms with Crippen LogP contribution in [0.4, 0.5) is 5.69 Å². The van der Waals surface area contributed by atoms with Gasteiger partial charge in [0.25, 0.3) is 0 Å². The fourth-order valence-electron chi connectivity index (χ4n) is 2.96. The molecule has 0 aromatic heterocycles. The van der Waals surface area contributed by atoms with Gasteiger partial charge in [0.2, 0.25) is 0 Å². The van der Waals surface area contributed by atoms with E-state index in [-0.39, 0.29) is 11.5 Å². The predicted molar refractivity (Wildman–Crippen MR) is 89.5 cm³/mol. The van der Waals surface area contributed by atoms with Crippen molar-refractivity contribution in [2.45, 2.75) is 40.0 Å². The Labute approximate surface area is 126 Å². The number of aryl methyl sites for hydroxylation is 1. The molecule has 0 heterocycles. The van der Waals surface area contributed by atoms with Crippen molar-refractivity contribution in [2.75, 3.05) is 18.0 Å². The van der Waals surface area contributed by atoms with Crippen LogP contribution in [0, 0.1) is 0 Å². The first-order valence-corrected chi connectivity index (χ1v) is 7.85. The van der Waals surface area contributed by atoms with Crippen molar-refractivity contribution in [1.82, 2.24) is 0 Å². The summed E-state index contributed by atoms with van der Waals surface area (Å²) >= 11 is 0. The summed E-state index contributed by atoms with van der Waals surface area (Å²) in [6.07, 6.45) is 3.16. The molecule has 0 unspecified atom stereocenters. The van der Waals surface area contributed by atoms with E-state index in [4.69, 9.17) is 0 Å². The molecule has 0 radical (unpaired) electrons. The lowest BCUT2D eigenvalue weighted by Crippen LogP contribution is -2.23. The van der Waals surface area contributed by atoms with Gasteiger partial charge in [0.1, 0.15) is 11.5 Å². The van der Waals surface area contributed by atoms with Crippen LogP contribution in [-0.2, 0) is 6.42 Å². The molecule has 0 saturated carbocycles. The van der Waals surface area contributed by atoms with Crippen LogP contribution in [-0.4, -0.2) is 23.3 Å². The highest BCUT2D eigenvalue weighted by molar-refractivity contribution is 6.03. The van der Waals surface area contributed by atoms with Gasteiger partial charge in [-0.25, -0.2) is 0 Å². The number of benzene rings is 2. The van der Waals surface area contributed by atoms with Gasteiger partial charge in [-0.2, -0.15) is 0 Å². The number of phenols is 2. The smallest absolute Gasteiger partial charge is 0.127 e. The molecule has 21 heavy (non-hydrogen) atoms. The predicted octanol–water partition coefficient (Wildman–Crippen LogP) is 4.44. The van der Waals surface area contributed by atoms with Gasteiger partial charge in [-0.1, -0.05) is 25.5 Å². The first-order chi connectivity index (χ1) is 10.1. The van der Waals surface area contributed by atoms with Crippen LogP contribution < -0.4 is 4.90 Å². The Bertz CT molecular complexity index is 618. The molecule has 3 nitrogen and oxygen atoms in total. The normalized spacial score (nSPS) is 11.0. The molecule has 0 amide bonds. The molecular weight excluding hydrogens is 262 g/mol. The van der Waals surface area contributed by atoms with Crippen molar-refractivity contribution < 1.29 is 10.2 Å². The van der Waals surface area contributed by atoms with E-state index < -0.39 is 0 Å². The van der Waals surface area contributed by atoms with Gasteiger partial charge in [0.15, 0.2) is 0 Å². The zero-order valence-corrected chi connectivity index (χ0v) is 13.2. The molecule has 0 atom stereocenters. The minimum Gasteiger partial charge on any atom is -0.507 e. The molecule has 2 N–H and O–H groups in total. The van der Waals surface area contributed by atoms with E-state index in [1.54, 1.807) is 6.07 Å². The SMILES string of the molecule is CCCCc1cc(O)c2c(O)cccc2c1N(CC)CC. The number of fused-ring (bicyclic) bond motifs is 1. The average molecular weight is 287 g/mol. The Morgan fingerprint density at radius 1 is 1.00 bits per heavy atom. The second-order valence-corrected chi connectivity index (χ2v) is 5.38. The van der Waals surface area contributed by atoms with Crippen LogP contribution >= 0.6 is 0 Å². The fraction of sp³-hybridized carbons (Fsp3) is 0.444.